The fourth-order valence-electron chi connectivity index (χ4n) is 4.14. The van der Waals surface area contributed by atoms with Crippen LogP contribution >= 0.6 is 0 Å². The average Bonchev–Trinajstić information content (AvgIpc) is 2.74. The van der Waals surface area contributed by atoms with Crippen molar-refractivity contribution in [3.05, 3.63) is 0 Å². The monoisotopic (exact) mass is 410 g/mol. The van der Waals surface area contributed by atoms with Crippen molar-refractivity contribution in [1.82, 2.24) is 0 Å². The van der Waals surface area contributed by atoms with Gasteiger partial charge in [0.25, 0.3) is 0 Å². The molecular weight excluding hydrogens is 364 g/mol. The van der Waals surface area contributed by atoms with Gasteiger partial charge in [0.2, 0.25) is 0 Å². The topological polar surface area (TPSA) is 52.6 Å². The first-order valence-electron chi connectivity index (χ1n) is 12.5. The van der Waals surface area contributed by atoms with Crippen molar-refractivity contribution < 1.29 is 19.1 Å². The average molecular weight is 411 g/mol. The lowest BCUT2D eigenvalue weighted by atomic mass is 9.81. The Balaban J connectivity index is 2.10. The lowest BCUT2D eigenvalue weighted by molar-refractivity contribution is -0.155. The minimum atomic E-state index is -0.125. The Kier molecular flexibility index (Phi) is 15.9. The van der Waals surface area contributed by atoms with Crippen molar-refractivity contribution >= 4 is 11.9 Å². The van der Waals surface area contributed by atoms with Gasteiger partial charge in [0, 0.05) is 0 Å². The van der Waals surface area contributed by atoms with Crippen molar-refractivity contribution in [2.24, 2.45) is 11.8 Å². The smallest absolute Gasteiger partial charge is 0.308 e. The molecule has 4 nitrogen and oxygen atoms in total. The van der Waals surface area contributed by atoms with Crippen LogP contribution in [0.5, 0.6) is 0 Å². The van der Waals surface area contributed by atoms with Gasteiger partial charge in [0.15, 0.2) is 0 Å². The normalized spacial score (nSPS) is 19.1. The first-order valence-corrected chi connectivity index (χ1v) is 12.5. The van der Waals surface area contributed by atoms with E-state index in [1.807, 2.05) is 0 Å². The van der Waals surface area contributed by atoms with Crippen LogP contribution in [0.2, 0.25) is 0 Å². The molecule has 0 aliphatic heterocycles. The quantitative estimate of drug-likeness (QED) is 0.191. The van der Waals surface area contributed by atoms with E-state index in [0.717, 1.165) is 44.9 Å². The van der Waals surface area contributed by atoms with E-state index >= 15 is 0 Å². The first kappa shape index (κ1) is 26.0. The Labute approximate surface area is 179 Å². The Bertz CT molecular complexity index is 421. The molecular formula is C25H46O4. The lowest BCUT2D eigenvalue weighted by Gasteiger charge is -2.26. The minimum absolute atomic E-state index is 0.106. The van der Waals surface area contributed by atoms with Crippen LogP contribution < -0.4 is 0 Å². The number of hydrogen-bond acceptors (Lipinski definition) is 4. The molecule has 1 fully saturated rings. The predicted molar refractivity (Wildman–Crippen MR) is 119 cm³/mol. The second-order valence-electron chi connectivity index (χ2n) is 8.78. The number of hydrogen-bond donors (Lipinski definition) is 0. The molecule has 4 heteroatoms. The first-order chi connectivity index (χ1) is 14.2. The largest absolute Gasteiger partial charge is 0.465 e. The van der Waals surface area contributed by atoms with E-state index in [2.05, 4.69) is 13.8 Å². The second-order valence-corrected chi connectivity index (χ2v) is 8.78. The maximum absolute atomic E-state index is 12.4. The zero-order valence-electron chi connectivity index (χ0n) is 19.2. The minimum Gasteiger partial charge on any atom is -0.465 e. The number of esters is 2. The zero-order chi connectivity index (χ0) is 21.2. The summed E-state index contributed by atoms with van der Waals surface area (Å²) in [5.41, 5.74) is 0. The molecule has 0 saturated heterocycles. The van der Waals surface area contributed by atoms with E-state index in [0.29, 0.717) is 19.6 Å². The highest BCUT2D eigenvalue weighted by molar-refractivity contribution is 5.76. The van der Waals surface area contributed by atoms with Crippen molar-refractivity contribution in [1.29, 1.82) is 0 Å². The lowest BCUT2D eigenvalue weighted by Crippen LogP contribution is -2.30. The van der Waals surface area contributed by atoms with Gasteiger partial charge in [0.05, 0.1) is 25.0 Å². The SMILES string of the molecule is CCCCCCCCCCOC(=O)C1CCCC(C(=O)OCCCCCCC)C1. The van der Waals surface area contributed by atoms with E-state index in [9.17, 15) is 9.59 Å². The van der Waals surface area contributed by atoms with Gasteiger partial charge < -0.3 is 9.47 Å². The predicted octanol–water partition coefficient (Wildman–Crippen LogP) is 6.99. The molecule has 1 rings (SSSR count). The molecule has 0 aromatic heterocycles. The molecule has 0 N–H and O–H groups in total. The summed E-state index contributed by atoms with van der Waals surface area (Å²) in [7, 11) is 0. The molecule has 1 aliphatic carbocycles. The number of carbonyl (C=O) groups is 2. The van der Waals surface area contributed by atoms with E-state index in [4.69, 9.17) is 9.47 Å². The van der Waals surface area contributed by atoms with Gasteiger partial charge in [-0.3, -0.25) is 9.59 Å². The standard InChI is InChI=1S/C25H46O4/c1-3-5-7-9-10-11-13-15-20-29-25(27)23-18-16-17-22(21-23)24(26)28-19-14-12-8-6-4-2/h22-23H,3-21H2,1-2H3. The molecule has 0 radical (unpaired) electrons. The van der Waals surface area contributed by atoms with Gasteiger partial charge >= 0.3 is 11.9 Å². The fourth-order valence-corrected chi connectivity index (χ4v) is 4.14. The van der Waals surface area contributed by atoms with Crippen LogP contribution in [0, 0.1) is 11.8 Å². The fraction of sp³-hybridized carbons (Fsp3) is 0.920. The van der Waals surface area contributed by atoms with Gasteiger partial charge in [-0.2, -0.15) is 0 Å². The van der Waals surface area contributed by atoms with E-state index < -0.39 is 0 Å². The molecule has 0 aromatic rings. The van der Waals surface area contributed by atoms with Gasteiger partial charge in [-0.05, 0) is 32.1 Å². The van der Waals surface area contributed by atoms with Gasteiger partial charge in [-0.25, -0.2) is 0 Å². The zero-order valence-corrected chi connectivity index (χ0v) is 19.2. The molecule has 29 heavy (non-hydrogen) atoms. The molecule has 0 aromatic carbocycles. The van der Waals surface area contributed by atoms with E-state index in [1.165, 1.54) is 57.8 Å². The van der Waals surface area contributed by atoms with Gasteiger partial charge in [0.1, 0.15) is 0 Å². The van der Waals surface area contributed by atoms with Crippen LogP contribution in [0.3, 0.4) is 0 Å². The van der Waals surface area contributed by atoms with Crippen molar-refractivity contribution in [3.8, 4) is 0 Å². The van der Waals surface area contributed by atoms with Crippen LogP contribution in [0.1, 0.15) is 123 Å². The Morgan fingerprint density at radius 1 is 0.621 bits per heavy atom. The van der Waals surface area contributed by atoms with E-state index in [1.54, 1.807) is 0 Å². The summed E-state index contributed by atoms with van der Waals surface area (Å²) in [4.78, 5) is 24.7. The molecule has 170 valence electrons. The summed E-state index contributed by atoms with van der Waals surface area (Å²) in [5.74, 6) is -0.467. The van der Waals surface area contributed by atoms with Crippen LogP contribution in [0.25, 0.3) is 0 Å². The second kappa shape index (κ2) is 17.8. The molecule has 0 spiro atoms. The van der Waals surface area contributed by atoms with Crippen molar-refractivity contribution in [2.75, 3.05) is 13.2 Å². The van der Waals surface area contributed by atoms with Crippen LogP contribution in [0.4, 0.5) is 0 Å². The number of ether oxygens (including phenoxy) is 2. The summed E-state index contributed by atoms with van der Waals surface area (Å²) in [6.45, 7) is 5.48. The Hall–Kier alpha value is -1.06. The number of carbonyl (C=O) groups excluding carboxylic acids is 2. The van der Waals surface area contributed by atoms with E-state index in [-0.39, 0.29) is 23.8 Å². The third kappa shape index (κ3) is 13.0. The number of unbranched alkanes of at least 4 members (excludes halogenated alkanes) is 11. The maximum Gasteiger partial charge on any atom is 0.308 e. The Morgan fingerprint density at radius 3 is 1.41 bits per heavy atom. The highest BCUT2D eigenvalue weighted by Gasteiger charge is 2.32. The number of rotatable bonds is 17. The van der Waals surface area contributed by atoms with Crippen LogP contribution in [0.15, 0.2) is 0 Å². The molecule has 1 saturated carbocycles. The molecule has 2 atom stereocenters. The Morgan fingerprint density at radius 2 is 1.00 bits per heavy atom. The van der Waals surface area contributed by atoms with Crippen LogP contribution in [-0.2, 0) is 19.1 Å². The summed E-state index contributed by atoms with van der Waals surface area (Å²) in [5, 5.41) is 0. The molecule has 1 aliphatic rings. The molecule has 0 heterocycles. The summed E-state index contributed by atoms with van der Waals surface area (Å²) >= 11 is 0. The summed E-state index contributed by atoms with van der Waals surface area (Å²) in [6, 6.07) is 0. The van der Waals surface area contributed by atoms with Crippen molar-refractivity contribution in [3.63, 3.8) is 0 Å². The summed E-state index contributed by atoms with van der Waals surface area (Å²) in [6.07, 6.45) is 18.9. The maximum atomic E-state index is 12.4. The van der Waals surface area contributed by atoms with Gasteiger partial charge in [-0.15, -0.1) is 0 Å². The highest BCUT2D eigenvalue weighted by Crippen LogP contribution is 2.31. The highest BCUT2D eigenvalue weighted by atomic mass is 16.5. The van der Waals surface area contributed by atoms with Crippen LogP contribution in [-0.4, -0.2) is 25.2 Å². The molecule has 0 amide bonds. The third-order valence-electron chi connectivity index (χ3n) is 6.08. The van der Waals surface area contributed by atoms with Crippen molar-refractivity contribution in [2.45, 2.75) is 123 Å². The molecule has 2 unspecified atom stereocenters. The summed E-state index contributed by atoms with van der Waals surface area (Å²) < 4.78 is 11.0. The van der Waals surface area contributed by atoms with Gasteiger partial charge in [-0.1, -0.05) is 90.9 Å². The third-order valence-corrected chi connectivity index (χ3v) is 6.08. The molecule has 0 bridgehead atoms.